The fraction of sp³-hybridized carbons (Fsp3) is 0.333. The van der Waals surface area contributed by atoms with Crippen molar-refractivity contribution in [3.05, 3.63) is 60.2 Å². The second kappa shape index (κ2) is 6.47. The average Bonchev–Trinajstić information content (AvgIpc) is 2.45. The number of hydrogen-bond acceptors (Lipinski definition) is 2. The van der Waals surface area contributed by atoms with Crippen LogP contribution < -0.4 is 5.73 Å². The molecule has 0 aliphatic heterocycles. The van der Waals surface area contributed by atoms with Gasteiger partial charge in [0.2, 0.25) is 0 Å². The van der Waals surface area contributed by atoms with Gasteiger partial charge >= 0.3 is 0 Å². The molecular formula is C18H23NS. The van der Waals surface area contributed by atoms with Crippen LogP contribution in [0, 0.1) is 0 Å². The molecule has 20 heavy (non-hydrogen) atoms. The Morgan fingerprint density at radius 2 is 1.45 bits per heavy atom. The van der Waals surface area contributed by atoms with Crippen molar-refractivity contribution in [1.29, 1.82) is 0 Å². The Balaban J connectivity index is 2.05. The van der Waals surface area contributed by atoms with Crippen LogP contribution in [0.5, 0.6) is 0 Å². The van der Waals surface area contributed by atoms with Crippen molar-refractivity contribution in [1.82, 2.24) is 0 Å². The zero-order chi connectivity index (χ0) is 14.6. The SMILES string of the molecule is CC(C)(C)SCC(N)c1ccc(-c2ccccc2)cc1. The Kier molecular flexibility index (Phi) is 4.90. The topological polar surface area (TPSA) is 26.0 Å². The van der Waals surface area contributed by atoms with E-state index in [1.807, 2.05) is 17.8 Å². The molecule has 0 radical (unpaired) electrons. The summed E-state index contributed by atoms with van der Waals surface area (Å²) in [5.74, 6) is 0.953. The fourth-order valence-corrected chi connectivity index (χ4v) is 2.86. The van der Waals surface area contributed by atoms with Crippen molar-refractivity contribution in [2.24, 2.45) is 5.73 Å². The minimum Gasteiger partial charge on any atom is -0.323 e. The van der Waals surface area contributed by atoms with Crippen molar-refractivity contribution < 1.29 is 0 Å². The molecule has 1 nitrogen and oxygen atoms in total. The summed E-state index contributed by atoms with van der Waals surface area (Å²) in [6, 6.07) is 19.1. The lowest BCUT2D eigenvalue weighted by atomic mass is 10.0. The van der Waals surface area contributed by atoms with E-state index in [9.17, 15) is 0 Å². The molecule has 0 heterocycles. The van der Waals surface area contributed by atoms with E-state index in [1.165, 1.54) is 16.7 Å². The standard InChI is InChI=1S/C18H23NS/c1-18(2,3)20-13-17(19)16-11-9-15(10-12-16)14-7-5-4-6-8-14/h4-12,17H,13,19H2,1-3H3. The predicted molar refractivity (Wildman–Crippen MR) is 91.0 cm³/mol. The first-order valence-electron chi connectivity index (χ1n) is 7.01. The van der Waals surface area contributed by atoms with Crippen LogP contribution in [-0.2, 0) is 0 Å². The third-order valence-corrected chi connectivity index (χ3v) is 4.53. The number of thioether (sulfide) groups is 1. The summed E-state index contributed by atoms with van der Waals surface area (Å²) >= 11 is 1.91. The maximum atomic E-state index is 6.27. The molecule has 2 N–H and O–H groups in total. The molecule has 0 spiro atoms. The van der Waals surface area contributed by atoms with E-state index in [1.54, 1.807) is 0 Å². The normalized spacial score (nSPS) is 13.2. The lowest BCUT2D eigenvalue weighted by Crippen LogP contribution is -2.17. The molecule has 0 aromatic heterocycles. The Labute approximate surface area is 126 Å². The third-order valence-electron chi connectivity index (χ3n) is 3.14. The summed E-state index contributed by atoms with van der Waals surface area (Å²) in [5.41, 5.74) is 9.97. The molecule has 2 aromatic carbocycles. The van der Waals surface area contributed by atoms with Crippen molar-refractivity contribution in [2.75, 3.05) is 5.75 Å². The van der Waals surface area contributed by atoms with Gasteiger partial charge in [-0.1, -0.05) is 75.4 Å². The smallest absolute Gasteiger partial charge is 0.0387 e. The van der Waals surface area contributed by atoms with Gasteiger partial charge in [-0.3, -0.25) is 0 Å². The summed E-state index contributed by atoms with van der Waals surface area (Å²) in [7, 11) is 0. The summed E-state index contributed by atoms with van der Waals surface area (Å²) in [6.07, 6.45) is 0. The van der Waals surface area contributed by atoms with Crippen LogP contribution in [0.2, 0.25) is 0 Å². The molecule has 0 aliphatic carbocycles. The van der Waals surface area contributed by atoms with Crippen LogP contribution in [0.4, 0.5) is 0 Å². The molecule has 1 unspecified atom stereocenters. The van der Waals surface area contributed by atoms with Gasteiger partial charge in [-0.25, -0.2) is 0 Å². The lowest BCUT2D eigenvalue weighted by molar-refractivity contribution is 0.779. The Bertz CT molecular complexity index is 526. The number of rotatable bonds is 4. The number of hydrogen-bond donors (Lipinski definition) is 1. The lowest BCUT2D eigenvalue weighted by Gasteiger charge is -2.21. The zero-order valence-corrected chi connectivity index (χ0v) is 13.3. The van der Waals surface area contributed by atoms with Gasteiger partial charge in [0.15, 0.2) is 0 Å². The monoisotopic (exact) mass is 285 g/mol. The number of benzene rings is 2. The highest BCUT2D eigenvalue weighted by Crippen LogP contribution is 2.28. The molecule has 0 saturated heterocycles. The molecule has 0 fully saturated rings. The Hall–Kier alpha value is -1.25. The van der Waals surface area contributed by atoms with Gasteiger partial charge in [0.25, 0.3) is 0 Å². The van der Waals surface area contributed by atoms with Crippen molar-refractivity contribution in [3.8, 4) is 11.1 Å². The van der Waals surface area contributed by atoms with Crippen molar-refractivity contribution in [3.63, 3.8) is 0 Å². The maximum Gasteiger partial charge on any atom is 0.0387 e. The zero-order valence-electron chi connectivity index (χ0n) is 12.5. The Morgan fingerprint density at radius 3 is 2.00 bits per heavy atom. The van der Waals surface area contributed by atoms with E-state index >= 15 is 0 Å². The summed E-state index contributed by atoms with van der Waals surface area (Å²) in [4.78, 5) is 0. The van der Waals surface area contributed by atoms with E-state index in [0.717, 1.165) is 5.75 Å². The van der Waals surface area contributed by atoms with Crippen LogP contribution in [0.3, 0.4) is 0 Å². The van der Waals surface area contributed by atoms with E-state index in [4.69, 9.17) is 5.73 Å². The molecule has 106 valence electrons. The summed E-state index contributed by atoms with van der Waals surface area (Å²) in [6.45, 7) is 6.68. The van der Waals surface area contributed by atoms with Gasteiger partial charge in [0.1, 0.15) is 0 Å². The largest absolute Gasteiger partial charge is 0.323 e. The highest BCUT2D eigenvalue weighted by Gasteiger charge is 2.14. The van der Waals surface area contributed by atoms with Gasteiger partial charge < -0.3 is 5.73 Å². The molecule has 2 rings (SSSR count). The van der Waals surface area contributed by atoms with E-state index in [-0.39, 0.29) is 10.8 Å². The van der Waals surface area contributed by atoms with E-state index < -0.39 is 0 Å². The summed E-state index contributed by atoms with van der Waals surface area (Å²) < 4.78 is 0.265. The first-order valence-corrected chi connectivity index (χ1v) is 7.99. The number of nitrogens with two attached hydrogens (primary N) is 1. The average molecular weight is 285 g/mol. The van der Waals surface area contributed by atoms with Gasteiger partial charge in [-0.05, 0) is 16.7 Å². The maximum absolute atomic E-state index is 6.27. The van der Waals surface area contributed by atoms with Crippen LogP contribution in [-0.4, -0.2) is 10.5 Å². The first-order chi connectivity index (χ1) is 9.46. The minimum atomic E-state index is 0.101. The van der Waals surface area contributed by atoms with Crippen LogP contribution in [0.25, 0.3) is 11.1 Å². The summed E-state index contributed by atoms with van der Waals surface area (Å²) in [5, 5.41) is 0. The van der Waals surface area contributed by atoms with Crippen molar-refractivity contribution >= 4 is 11.8 Å². The van der Waals surface area contributed by atoms with Gasteiger partial charge in [-0.2, -0.15) is 11.8 Å². The third kappa shape index (κ3) is 4.39. The quantitative estimate of drug-likeness (QED) is 0.866. The Morgan fingerprint density at radius 1 is 0.900 bits per heavy atom. The molecule has 2 heteroatoms. The van der Waals surface area contributed by atoms with Crippen LogP contribution in [0.15, 0.2) is 54.6 Å². The van der Waals surface area contributed by atoms with Crippen LogP contribution >= 0.6 is 11.8 Å². The molecule has 2 aromatic rings. The van der Waals surface area contributed by atoms with Gasteiger partial charge in [0.05, 0.1) is 0 Å². The predicted octanol–water partition coefficient (Wildman–Crippen LogP) is 4.89. The van der Waals surface area contributed by atoms with Gasteiger partial charge in [0, 0.05) is 16.5 Å². The second-order valence-corrected chi connectivity index (χ2v) is 7.86. The molecular weight excluding hydrogens is 262 g/mol. The highest BCUT2D eigenvalue weighted by molar-refractivity contribution is 8.00. The van der Waals surface area contributed by atoms with E-state index in [0.29, 0.717) is 0 Å². The van der Waals surface area contributed by atoms with E-state index in [2.05, 4.69) is 69.3 Å². The molecule has 0 bridgehead atoms. The molecule has 0 aliphatic rings. The molecule has 0 amide bonds. The second-order valence-electron chi connectivity index (χ2n) is 6.02. The van der Waals surface area contributed by atoms with Crippen molar-refractivity contribution in [2.45, 2.75) is 31.6 Å². The van der Waals surface area contributed by atoms with Crippen LogP contribution in [0.1, 0.15) is 32.4 Å². The molecule has 0 saturated carbocycles. The van der Waals surface area contributed by atoms with Gasteiger partial charge in [-0.15, -0.1) is 0 Å². The highest BCUT2D eigenvalue weighted by atomic mass is 32.2. The first kappa shape index (κ1) is 15.1. The molecule has 1 atom stereocenters. The fourth-order valence-electron chi connectivity index (χ4n) is 1.99. The minimum absolute atomic E-state index is 0.101.